The second kappa shape index (κ2) is 8.48. The van der Waals surface area contributed by atoms with Crippen LogP contribution in [0.5, 0.6) is 0 Å². The van der Waals surface area contributed by atoms with Gasteiger partial charge in [-0.05, 0) is 47.4 Å². The summed E-state index contributed by atoms with van der Waals surface area (Å²) in [4.78, 5) is 4.46. The standard InChI is InChI=1S/C16H19F2N3S/c1-2-19-16(21-10-12-7-9-22-11-12)20-8-6-13-4-3-5-14(17)15(13)18/h3-5,7,9,11H,2,6,8,10H2,1H3,(H2,19,20,21). The maximum Gasteiger partial charge on any atom is 0.191 e. The van der Waals surface area contributed by atoms with E-state index in [9.17, 15) is 8.78 Å². The molecule has 1 heterocycles. The van der Waals surface area contributed by atoms with Crippen LogP contribution in [0.1, 0.15) is 18.1 Å². The minimum absolute atomic E-state index is 0.362. The quantitative estimate of drug-likeness (QED) is 0.632. The first-order valence-electron chi connectivity index (χ1n) is 7.17. The van der Waals surface area contributed by atoms with Crippen molar-refractivity contribution in [3.05, 3.63) is 57.8 Å². The number of aliphatic imine (C=N–C) groups is 1. The summed E-state index contributed by atoms with van der Waals surface area (Å²) in [5.74, 6) is -0.912. The molecule has 1 aromatic carbocycles. The molecule has 2 aromatic rings. The van der Waals surface area contributed by atoms with E-state index in [-0.39, 0.29) is 0 Å². The molecular weight excluding hydrogens is 304 g/mol. The van der Waals surface area contributed by atoms with Crippen molar-refractivity contribution >= 4 is 17.3 Å². The Kier molecular flexibility index (Phi) is 6.33. The third kappa shape index (κ3) is 4.80. The molecule has 0 atom stereocenters. The zero-order valence-corrected chi connectivity index (χ0v) is 13.2. The van der Waals surface area contributed by atoms with Gasteiger partial charge in [0.1, 0.15) is 0 Å². The van der Waals surface area contributed by atoms with E-state index in [1.54, 1.807) is 17.4 Å². The maximum atomic E-state index is 13.6. The summed E-state index contributed by atoms with van der Waals surface area (Å²) in [6.45, 7) is 3.79. The Labute approximate surface area is 133 Å². The molecule has 0 bridgehead atoms. The first kappa shape index (κ1) is 16.4. The van der Waals surface area contributed by atoms with E-state index in [0.717, 1.165) is 18.2 Å². The topological polar surface area (TPSA) is 36.4 Å². The average molecular weight is 323 g/mol. The number of benzene rings is 1. The van der Waals surface area contributed by atoms with E-state index in [1.807, 2.05) is 18.4 Å². The normalized spacial score (nSPS) is 11.5. The minimum atomic E-state index is -0.810. The number of nitrogens with one attached hydrogen (secondary N) is 2. The molecule has 0 aliphatic heterocycles. The van der Waals surface area contributed by atoms with Gasteiger partial charge in [0.25, 0.3) is 0 Å². The molecule has 0 unspecified atom stereocenters. The van der Waals surface area contributed by atoms with E-state index in [1.165, 1.54) is 6.07 Å². The molecule has 0 saturated heterocycles. The third-order valence-electron chi connectivity index (χ3n) is 3.06. The highest BCUT2D eigenvalue weighted by atomic mass is 32.1. The van der Waals surface area contributed by atoms with Gasteiger partial charge < -0.3 is 10.6 Å². The largest absolute Gasteiger partial charge is 0.357 e. The van der Waals surface area contributed by atoms with Crippen LogP contribution in [0.25, 0.3) is 0 Å². The Morgan fingerprint density at radius 1 is 1.23 bits per heavy atom. The Morgan fingerprint density at radius 3 is 2.82 bits per heavy atom. The molecule has 1 aromatic heterocycles. The third-order valence-corrected chi connectivity index (χ3v) is 3.79. The molecule has 3 nitrogen and oxygen atoms in total. The number of guanidine groups is 1. The molecule has 0 aliphatic rings. The SMILES string of the molecule is CCNC(=NCc1ccsc1)NCCc1cccc(F)c1F. The first-order chi connectivity index (χ1) is 10.7. The van der Waals surface area contributed by atoms with Gasteiger partial charge in [-0.25, -0.2) is 13.8 Å². The summed E-state index contributed by atoms with van der Waals surface area (Å²) in [7, 11) is 0. The van der Waals surface area contributed by atoms with Crippen molar-refractivity contribution < 1.29 is 8.78 Å². The number of nitrogens with zero attached hydrogens (tertiary/aromatic N) is 1. The highest BCUT2D eigenvalue weighted by Crippen LogP contribution is 2.11. The highest BCUT2D eigenvalue weighted by molar-refractivity contribution is 7.07. The molecule has 0 spiro atoms. The molecule has 6 heteroatoms. The van der Waals surface area contributed by atoms with Gasteiger partial charge in [0.05, 0.1) is 6.54 Å². The van der Waals surface area contributed by atoms with Crippen molar-refractivity contribution in [3.8, 4) is 0 Å². The Balaban J connectivity index is 1.88. The minimum Gasteiger partial charge on any atom is -0.357 e. The van der Waals surface area contributed by atoms with E-state index < -0.39 is 11.6 Å². The van der Waals surface area contributed by atoms with Crippen LogP contribution in [0, 0.1) is 11.6 Å². The predicted octanol–water partition coefficient (Wildman–Crippen LogP) is 3.32. The molecule has 2 rings (SSSR count). The van der Waals surface area contributed by atoms with Crippen LogP contribution < -0.4 is 10.6 Å². The second-order valence-corrected chi connectivity index (χ2v) is 5.50. The summed E-state index contributed by atoms with van der Waals surface area (Å²) < 4.78 is 26.7. The number of hydrogen-bond donors (Lipinski definition) is 2. The van der Waals surface area contributed by atoms with E-state index in [4.69, 9.17) is 0 Å². The van der Waals surface area contributed by atoms with Crippen LogP contribution in [0.4, 0.5) is 8.78 Å². The molecule has 0 radical (unpaired) electrons. The fourth-order valence-electron chi connectivity index (χ4n) is 1.95. The zero-order valence-electron chi connectivity index (χ0n) is 12.4. The maximum absolute atomic E-state index is 13.6. The molecule has 118 valence electrons. The lowest BCUT2D eigenvalue weighted by atomic mass is 10.1. The van der Waals surface area contributed by atoms with Crippen molar-refractivity contribution in [3.63, 3.8) is 0 Å². The lowest BCUT2D eigenvalue weighted by molar-refractivity contribution is 0.498. The first-order valence-corrected chi connectivity index (χ1v) is 8.11. The van der Waals surface area contributed by atoms with Gasteiger partial charge in [-0.2, -0.15) is 11.3 Å². The van der Waals surface area contributed by atoms with Gasteiger partial charge in [-0.1, -0.05) is 12.1 Å². The summed E-state index contributed by atoms with van der Waals surface area (Å²) >= 11 is 1.64. The fourth-order valence-corrected chi connectivity index (χ4v) is 2.61. The van der Waals surface area contributed by atoms with Gasteiger partial charge in [-0.3, -0.25) is 0 Å². The molecule has 0 aliphatic carbocycles. The summed E-state index contributed by atoms with van der Waals surface area (Å²) in [5, 5.41) is 10.3. The molecule has 0 saturated carbocycles. The van der Waals surface area contributed by atoms with Crippen LogP contribution in [0.15, 0.2) is 40.0 Å². The van der Waals surface area contributed by atoms with Crippen LogP contribution in [-0.2, 0) is 13.0 Å². The Morgan fingerprint density at radius 2 is 2.09 bits per heavy atom. The molecule has 2 N–H and O–H groups in total. The van der Waals surface area contributed by atoms with Crippen LogP contribution in [-0.4, -0.2) is 19.0 Å². The van der Waals surface area contributed by atoms with Crippen molar-refractivity contribution in [2.75, 3.05) is 13.1 Å². The summed E-state index contributed by atoms with van der Waals surface area (Å²) in [6.07, 6.45) is 0.395. The number of thiophene rings is 1. The Bertz CT molecular complexity index is 612. The van der Waals surface area contributed by atoms with E-state index >= 15 is 0 Å². The molecule has 0 amide bonds. The predicted molar refractivity (Wildman–Crippen MR) is 87.2 cm³/mol. The van der Waals surface area contributed by atoms with Gasteiger partial charge in [0, 0.05) is 13.1 Å². The smallest absolute Gasteiger partial charge is 0.191 e. The van der Waals surface area contributed by atoms with Gasteiger partial charge >= 0.3 is 0 Å². The van der Waals surface area contributed by atoms with E-state index in [0.29, 0.717) is 31.0 Å². The lowest BCUT2D eigenvalue weighted by Gasteiger charge is -2.11. The average Bonchev–Trinajstić information content (AvgIpc) is 3.02. The van der Waals surface area contributed by atoms with Crippen LogP contribution in [0.3, 0.4) is 0 Å². The highest BCUT2D eigenvalue weighted by Gasteiger charge is 2.07. The lowest BCUT2D eigenvalue weighted by Crippen LogP contribution is -2.38. The van der Waals surface area contributed by atoms with Crippen molar-refractivity contribution in [2.24, 2.45) is 4.99 Å². The number of hydrogen-bond acceptors (Lipinski definition) is 2. The Hall–Kier alpha value is -1.95. The molecule has 22 heavy (non-hydrogen) atoms. The van der Waals surface area contributed by atoms with Gasteiger partial charge in [-0.15, -0.1) is 0 Å². The van der Waals surface area contributed by atoms with Crippen molar-refractivity contribution in [1.29, 1.82) is 0 Å². The van der Waals surface area contributed by atoms with Gasteiger partial charge in [0.15, 0.2) is 17.6 Å². The summed E-state index contributed by atoms with van der Waals surface area (Å²) in [5.41, 5.74) is 1.51. The van der Waals surface area contributed by atoms with Gasteiger partial charge in [0.2, 0.25) is 0 Å². The van der Waals surface area contributed by atoms with Crippen molar-refractivity contribution in [2.45, 2.75) is 19.9 Å². The van der Waals surface area contributed by atoms with Crippen LogP contribution >= 0.6 is 11.3 Å². The fraction of sp³-hybridized carbons (Fsp3) is 0.312. The molecular formula is C16H19F2N3S. The monoisotopic (exact) mass is 323 g/mol. The number of halogens is 2. The van der Waals surface area contributed by atoms with Crippen LogP contribution in [0.2, 0.25) is 0 Å². The zero-order chi connectivity index (χ0) is 15.8. The molecule has 0 fully saturated rings. The second-order valence-electron chi connectivity index (χ2n) is 4.72. The van der Waals surface area contributed by atoms with Crippen molar-refractivity contribution in [1.82, 2.24) is 10.6 Å². The summed E-state index contributed by atoms with van der Waals surface area (Å²) in [6, 6.07) is 6.26. The number of rotatable bonds is 6. The van der Waals surface area contributed by atoms with E-state index in [2.05, 4.69) is 21.0 Å².